The fourth-order valence-electron chi connectivity index (χ4n) is 5.39. The number of hydrogen-bond donors (Lipinski definition) is 4. The Bertz CT molecular complexity index is 1630. The van der Waals surface area contributed by atoms with Crippen LogP contribution < -0.4 is 15.4 Å². The summed E-state index contributed by atoms with van der Waals surface area (Å²) in [5, 5.41) is 17.2. The van der Waals surface area contributed by atoms with Crippen LogP contribution in [0.3, 0.4) is 0 Å². The van der Waals surface area contributed by atoms with Crippen LogP contribution in [0.2, 0.25) is 0 Å². The lowest BCUT2D eigenvalue weighted by atomic mass is 9.99. The molecule has 0 saturated carbocycles. The zero-order valence-electron chi connectivity index (χ0n) is 28.6. The standard InChI is InChI=1S/C36H48F2N4O6S/c1-5-12-42(13-6-2)36(45)29-19-28(20-32(21-29)49(46,47)40-11-14-48-4)35(44)41-33(18-27-16-30(37)22-31(38)17-27)34(43)24-39-23-26-10-8-9-25(7-3)15-26/h8-10,15-17,19-22,33-34,39-40,43H,5-7,11-14,18,23-24H2,1-4H3,(H,41,44)/t33-,34+/m0/s1. The number of carbonyl (C=O) groups is 2. The number of benzene rings is 3. The van der Waals surface area contributed by atoms with Crippen molar-refractivity contribution in [1.29, 1.82) is 0 Å². The van der Waals surface area contributed by atoms with E-state index in [2.05, 4.69) is 15.4 Å². The van der Waals surface area contributed by atoms with E-state index < -0.39 is 45.6 Å². The molecule has 0 radical (unpaired) electrons. The van der Waals surface area contributed by atoms with Crippen LogP contribution in [-0.2, 0) is 34.1 Å². The maximum atomic E-state index is 14.1. The minimum atomic E-state index is -4.16. The van der Waals surface area contributed by atoms with E-state index in [4.69, 9.17) is 4.74 Å². The number of hydrogen-bond acceptors (Lipinski definition) is 7. The first-order valence-corrected chi connectivity index (χ1v) is 18.0. The van der Waals surface area contributed by atoms with Gasteiger partial charge in [0, 0.05) is 57.0 Å². The fraction of sp³-hybridized carbons (Fsp3) is 0.444. The smallest absolute Gasteiger partial charge is 0.253 e. The van der Waals surface area contributed by atoms with E-state index in [9.17, 15) is 31.9 Å². The van der Waals surface area contributed by atoms with Gasteiger partial charge in [-0.15, -0.1) is 0 Å². The van der Waals surface area contributed by atoms with E-state index in [-0.39, 0.29) is 47.7 Å². The van der Waals surface area contributed by atoms with Crippen molar-refractivity contribution in [3.05, 3.63) is 100 Å². The van der Waals surface area contributed by atoms with Gasteiger partial charge in [0.25, 0.3) is 11.8 Å². The Balaban J connectivity index is 1.96. The zero-order valence-corrected chi connectivity index (χ0v) is 29.4. The molecule has 0 unspecified atom stereocenters. The number of sulfonamides is 1. The Labute approximate surface area is 288 Å². The second-order valence-corrected chi connectivity index (χ2v) is 13.6. The molecule has 0 heterocycles. The van der Waals surface area contributed by atoms with Crippen LogP contribution in [0.5, 0.6) is 0 Å². The van der Waals surface area contributed by atoms with Crippen molar-refractivity contribution in [3.63, 3.8) is 0 Å². The molecule has 0 aliphatic rings. The summed E-state index contributed by atoms with van der Waals surface area (Å²) < 4.78 is 62.1. The number of nitrogens with one attached hydrogen (secondary N) is 3. The summed E-state index contributed by atoms with van der Waals surface area (Å²) >= 11 is 0. The quantitative estimate of drug-likeness (QED) is 0.130. The average molecular weight is 703 g/mol. The molecule has 10 nitrogen and oxygen atoms in total. The summed E-state index contributed by atoms with van der Waals surface area (Å²) in [4.78, 5) is 28.7. The van der Waals surface area contributed by atoms with Crippen LogP contribution in [-0.4, -0.2) is 82.3 Å². The van der Waals surface area contributed by atoms with Crippen molar-refractivity contribution in [2.75, 3.05) is 39.9 Å². The third kappa shape index (κ3) is 12.3. The molecule has 0 spiro atoms. The topological polar surface area (TPSA) is 137 Å². The van der Waals surface area contributed by atoms with E-state index in [1.807, 2.05) is 45.0 Å². The van der Waals surface area contributed by atoms with Crippen molar-refractivity contribution in [2.45, 2.75) is 70.0 Å². The highest BCUT2D eigenvalue weighted by Crippen LogP contribution is 2.19. The molecule has 268 valence electrons. The van der Waals surface area contributed by atoms with Gasteiger partial charge in [0.15, 0.2) is 0 Å². The summed E-state index contributed by atoms with van der Waals surface area (Å²) in [6.45, 7) is 7.27. The SMILES string of the molecule is CCCN(CCC)C(=O)c1cc(C(=O)N[C@@H](Cc2cc(F)cc(F)c2)[C@H](O)CNCc2cccc(CC)c2)cc(S(=O)(=O)NCCOC)c1. The molecule has 0 bridgehead atoms. The van der Waals surface area contributed by atoms with Crippen molar-refractivity contribution in [1.82, 2.24) is 20.3 Å². The highest BCUT2D eigenvalue weighted by Gasteiger charge is 2.26. The largest absolute Gasteiger partial charge is 0.390 e. The second kappa shape index (κ2) is 19.4. The lowest BCUT2D eigenvalue weighted by Crippen LogP contribution is -2.48. The third-order valence-corrected chi connectivity index (χ3v) is 9.28. The van der Waals surface area contributed by atoms with Crippen LogP contribution in [0, 0.1) is 11.6 Å². The Morgan fingerprint density at radius 3 is 2.18 bits per heavy atom. The van der Waals surface area contributed by atoms with E-state index in [0.29, 0.717) is 32.5 Å². The summed E-state index contributed by atoms with van der Waals surface area (Å²) in [5.41, 5.74) is 2.21. The second-order valence-electron chi connectivity index (χ2n) is 11.9. The Hall–Kier alpha value is -3.75. The van der Waals surface area contributed by atoms with Gasteiger partial charge in [-0.1, -0.05) is 45.0 Å². The summed E-state index contributed by atoms with van der Waals surface area (Å²) in [5.74, 6) is -2.84. The fourth-order valence-corrected chi connectivity index (χ4v) is 6.47. The molecule has 0 aliphatic heterocycles. The third-order valence-electron chi connectivity index (χ3n) is 7.84. The Kier molecular flexibility index (Phi) is 15.7. The van der Waals surface area contributed by atoms with Gasteiger partial charge >= 0.3 is 0 Å². The van der Waals surface area contributed by atoms with Crippen molar-refractivity contribution < 1.29 is 36.6 Å². The first-order chi connectivity index (χ1) is 23.4. The number of halogens is 2. The molecule has 0 saturated heterocycles. The monoisotopic (exact) mass is 702 g/mol. The molecule has 3 aromatic carbocycles. The molecule has 0 aromatic heterocycles. The molecule has 4 N–H and O–H groups in total. The lowest BCUT2D eigenvalue weighted by molar-refractivity contribution is 0.0755. The van der Waals surface area contributed by atoms with Crippen LogP contribution in [0.15, 0.2) is 65.6 Å². The number of amides is 2. The van der Waals surface area contributed by atoms with Gasteiger partial charge in [-0.2, -0.15) is 0 Å². The number of ether oxygens (including phenoxy) is 1. The zero-order chi connectivity index (χ0) is 36.0. The maximum Gasteiger partial charge on any atom is 0.253 e. The predicted octanol–water partition coefficient (Wildman–Crippen LogP) is 4.21. The van der Waals surface area contributed by atoms with Gasteiger partial charge in [-0.25, -0.2) is 21.9 Å². The first kappa shape index (κ1) is 39.7. The normalized spacial score (nSPS) is 12.8. The summed E-state index contributed by atoms with van der Waals surface area (Å²) in [7, 11) is -2.74. The number of methoxy groups -OCH3 is 1. The highest BCUT2D eigenvalue weighted by atomic mass is 32.2. The van der Waals surface area contributed by atoms with E-state index in [1.54, 1.807) is 4.90 Å². The van der Waals surface area contributed by atoms with Crippen LogP contribution >= 0.6 is 0 Å². The number of aliphatic hydroxyl groups excluding tert-OH is 1. The molecule has 0 aliphatic carbocycles. The molecule has 3 aromatic rings. The molecule has 3 rings (SSSR count). The molecule has 2 atom stereocenters. The van der Waals surface area contributed by atoms with Gasteiger partial charge in [-0.05, 0) is 72.7 Å². The van der Waals surface area contributed by atoms with Crippen LogP contribution in [0.1, 0.15) is 71.0 Å². The summed E-state index contributed by atoms with van der Waals surface area (Å²) in [6.07, 6.45) is 0.848. The van der Waals surface area contributed by atoms with Crippen LogP contribution in [0.25, 0.3) is 0 Å². The summed E-state index contributed by atoms with van der Waals surface area (Å²) in [6, 6.07) is 13.5. The molecule has 2 amide bonds. The number of carbonyl (C=O) groups excluding carboxylic acids is 2. The van der Waals surface area contributed by atoms with Crippen molar-refractivity contribution in [3.8, 4) is 0 Å². The van der Waals surface area contributed by atoms with E-state index in [1.165, 1.54) is 19.2 Å². The Morgan fingerprint density at radius 1 is 0.898 bits per heavy atom. The lowest BCUT2D eigenvalue weighted by Gasteiger charge is -2.26. The number of nitrogens with zero attached hydrogens (tertiary/aromatic N) is 1. The average Bonchev–Trinajstić information content (AvgIpc) is 3.07. The molecule has 13 heteroatoms. The number of aliphatic hydroxyl groups is 1. The molecule has 49 heavy (non-hydrogen) atoms. The van der Waals surface area contributed by atoms with E-state index >= 15 is 0 Å². The van der Waals surface area contributed by atoms with Crippen LogP contribution in [0.4, 0.5) is 8.78 Å². The first-order valence-electron chi connectivity index (χ1n) is 16.6. The number of aryl methyl sites for hydroxylation is 1. The van der Waals surface area contributed by atoms with Crippen molar-refractivity contribution in [2.24, 2.45) is 0 Å². The van der Waals surface area contributed by atoms with Gasteiger partial charge in [0.2, 0.25) is 10.0 Å². The van der Waals surface area contributed by atoms with Gasteiger partial charge < -0.3 is 25.4 Å². The molecule has 0 fully saturated rings. The van der Waals surface area contributed by atoms with Crippen molar-refractivity contribution >= 4 is 21.8 Å². The molecular weight excluding hydrogens is 654 g/mol. The van der Waals surface area contributed by atoms with Gasteiger partial charge in [0.05, 0.1) is 23.6 Å². The Morgan fingerprint density at radius 2 is 1.55 bits per heavy atom. The van der Waals surface area contributed by atoms with Gasteiger partial charge in [-0.3, -0.25) is 9.59 Å². The minimum absolute atomic E-state index is 0.00180. The highest BCUT2D eigenvalue weighted by molar-refractivity contribution is 7.89. The van der Waals surface area contributed by atoms with E-state index in [0.717, 1.165) is 41.8 Å². The minimum Gasteiger partial charge on any atom is -0.390 e. The predicted molar refractivity (Wildman–Crippen MR) is 185 cm³/mol. The van der Waals surface area contributed by atoms with Gasteiger partial charge in [0.1, 0.15) is 11.6 Å². The number of rotatable bonds is 20. The maximum absolute atomic E-state index is 14.1. The molecular formula is C36H48F2N4O6S.